The molecule has 10 atom stereocenters. The number of fused-ring (bicyclic) bond motifs is 5. The van der Waals surface area contributed by atoms with Gasteiger partial charge in [-0.15, -0.1) is 0 Å². The van der Waals surface area contributed by atoms with Crippen molar-refractivity contribution in [2.45, 2.75) is 116 Å². The zero-order valence-electron chi connectivity index (χ0n) is 25.1. The molecule has 2 heterocycles. The highest BCUT2D eigenvalue weighted by Crippen LogP contribution is 2.67. The van der Waals surface area contributed by atoms with Crippen LogP contribution in [0.4, 0.5) is 0 Å². The molecule has 2 saturated heterocycles. The molecule has 6 fully saturated rings. The zero-order chi connectivity index (χ0) is 26.7. The average molecular weight is 612 g/mol. The molecule has 1 N–H and O–H groups in total. The lowest BCUT2D eigenvalue weighted by molar-refractivity contribution is -0.940. The SMILES string of the molecule is CCC(=O)O[C@H]1[C@@H]([N+]2(C)CCCCC2)C[C@H]2[C@@H]3CC[C@H]4C[C@H](O)[C@@H](N5CCOCC5)C[C@]4(C)[C@H]3CC[C@@]21C.[Br-]. The number of quaternary nitrogens is 1. The van der Waals surface area contributed by atoms with Crippen LogP contribution in [0.3, 0.4) is 0 Å². The Labute approximate surface area is 247 Å². The average Bonchev–Trinajstić information content (AvgIpc) is 3.22. The van der Waals surface area contributed by atoms with Gasteiger partial charge in [-0.05, 0) is 86.9 Å². The number of likely N-dealkylation sites (N-methyl/N-ethyl adjacent to an activating group) is 1. The molecule has 0 amide bonds. The lowest BCUT2D eigenvalue weighted by atomic mass is 9.44. The number of ether oxygens (including phenoxy) is 2. The summed E-state index contributed by atoms with van der Waals surface area (Å²) in [6.07, 6.45) is 12.6. The van der Waals surface area contributed by atoms with Crippen LogP contribution in [-0.2, 0) is 14.3 Å². The third kappa shape index (κ3) is 5.06. The molecule has 7 heteroatoms. The van der Waals surface area contributed by atoms with Crippen molar-refractivity contribution in [3.63, 3.8) is 0 Å². The molecule has 6 nitrogen and oxygen atoms in total. The van der Waals surface area contributed by atoms with Gasteiger partial charge in [0.05, 0.1) is 39.5 Å². The number of halogens is 1. The monoisotopic (exact) mass is 610 g/mol. The molecule has 0 spiro atoms. The summed E-state index contributed by atoms with van der Waals surface area (Å²) < 4.78 is 13.2. The van der Waals surface area contributed by atoms with Gasteiger partial charge >= 0.3 is 5.97 Å². The normalized spacial score (nSPS) is 47.7. The van der Waals surface area contributed by atoms with E-state index in [0.29, 0.717) is 29.7 Å². The van der Waals surface area contributed by atoms with Gasteiger partial charge in [-0.25, -0.2) is 0 Å². The second-order valence-corrected chi connectivity index (χ2v) is 15.0. The summed E-state index contributed by atoms with van der Waals surface area (Å²) in [5.41, 5.74) is 0.389. The highest BCUT2D eigenvalue weighted by atomic mass is 79.9. The number of hydrogen-bond donors (Lipinski definition) is 1. The third-order valence-corrected chi connectivity index (χ3v) is 13.3. The number of piperidine rings is 1. The topological polar surface area (TPSA) is 59.0 Å². The second-order valence-electron chi connectivity index (χ2n) is 15.0. The lowest BCUT2D eigenvalue weighted by Gasteiger charge is -2.62. The second kappa shape index (κ2) is 11.5. The summed E-state index contributed by atoms with van der Waals surface area (Å²) in [6, 6.07) is 0.721. The fourth-order valence-corrected chi connectivity index (χ4v) is 11.1. The number of morpholine rings is 1. The van der Waals surface area contributed by atoms with Gasteiger partial charge in [-0.1, -0.05) is 20.8 Å². The number of likely N-dealkylation sites (tertiary alicyclic amines) is 1. The molecule has 6 rings (SSSR count). The molecular weight excluding hydrogens is 556 g/mol. The fourth-order valence-electron chi connectivity index (χ4n) is 11.1. The molecular formula is C32H55BrN2O4. The summed E-state index contributed by atoms with van der Waals surface area (Å²) in [6.45, 7) is 13.0. The van der Waals surface area contributed by atoms with Crippen LogP contribution < -0.4 is 17.0 Å². The first kappa shape index (κ1) is 30.3. The van der Waals surface area contributed by atoms with E-state index in [1.54, 1.807) is 0 Å². The summed E-state index contributed by atoms with van der Waals surface area (Å²) in [5, 5.41) is 11.3. The van der Waals surface area contributed by atoms with Crippen molar-refractivity contribution in [2.24, 2.45) is 34.5 Å². The largest absolute Gasteiger partial charge is 1.00 e. The van der Waals surface area contributed by atoms with E-state index in [9.17, 15) is 9.90 Å². The Kier molecular flexibility index (Phi) is 8.89. The van der Waals surface area contributed by atoms with Crippen LogP contribution in [0.2, 0.25) is 0 Å². The molecule has 224 valence electrons. The van der Waals surface area contributed by atoms with Gasteiger partial charge in [0, 0.05) is 37.4 Å². The van der Waals surface area contributed by atoms with E-state index >= 15 is 0 Å². The Hall–Kier alpha value is -0.210. The van der Waals surface area contributed by atoms with Crippen molar-refractivity contribution in [1.82, 2.24) is 4.90 Å². The van der Waals surface area contributed by atoms with Crippen LogP contribution >= 0.6 is 0 Å². The molecule has 39 heavy (non-hydrogen) atoms. The lowest BCUT2D eigenvalue weighted by Crippen LogP contribution is -3.00. The molecule has 0 aromatic carbocycles. The first-order valence-corrected chi connectivity index (χ1v) is 16.2. The maximum Gasteiger partial charge on any atom is 0.306 e. The van der Waals surface area contributed by atoms with Gasteiger partial charge < -0.3 is 36.0 Å². The van der Waals surface area contributed by atoms with Crippen molar-refractivity contribution < 1.29 is 40.8 Å². The zero-order valence-corrected chi connectivity index (χ0v) is 26.7. The first-order valence-electron chi connectivity index (χ1n) is 16.2. The summed E-state index contributed by atoms with van der Waals surface area (Å²) in [4.78, 5) is 15.3. The Morgan fingerprint density at radius 2 is 1.74 bits per heavy atom. The molecule has 0 unspecified atom stereocenters. The number of rotatable bonds is 4. The van der Waals surface area contributed by atoms with Crippen LogP contribution in [0.25, 0.3) is 0 Å². The van der Waals surface area contributed by atoms with Crippen LogP contribution in [0, 0.1) is 34.5 Å². The van der Waals surface area contributed by atoms with Crippen molar-refractivity contribution in [3.8, 4) is 0 Å². The summed E-state index contributed by atoms with van der Waals surface area (Å²) >= 11 is 0. The maximum absolute atomic E-state index is 12.8. The molecule has 4 saturated carbocycles. The highest BCUT2D eigenvalue weighted by Gasteiger charge is 2.67. The van der Waals surface area contributed by atoms with Crippen molar-refractivity contribution >= 4 is 5.97 Å². The van der Waals surface area contributed by atoms with Gasteiger partial charge in [0.1, 0.15) is 6.04 Å². The standard InChI is InChI=1S/C32H55N2O4.BrH/c1-5-29(36)38-30-27(34(4)15-7-6-8-16-34)20-25-23-10-9-22-19-28(35)26(33-13-17-37-18-14-33)21-32(22,3)24(23)11-12-31(25,30)2;/h22-28,30,35H,5-21H2,1-4H3;1H/q+1;/p-1/t22-,23+,24-,25-,26-,27-,28-,30-,31-,32-;/m0./s1. The van der Waals surface area contributed by atoms with Gasteiger partial charge in [0.25, 0.3) is 0 Å². The van der Waals surface area contributed by atoms with Crippen LogP contribution in [0.15, 0.2) is 0 Å². The number of aliphatic hydroxyl groups is 1. The Balaban J connectivity index is 0.00000308. The van der Waals surface area contributed by atoms with E-state index in [4.69, 9.17) is 9.47 Å². The fraction of sp³-hybridized carbons (Fsp3) is 0.969. The van der Waals surface area contributed by atoms with E-state index in [1.165, 1.54) is 64.5 Å². The van der Waals surface area contributed by atoms with E-state index < -0.39 is 0 Å². The van der Waals surface area contributed by atoms with Gasteiger partial charge in [0.15, 0.2) is 6.10 Å². The number of carbonyl (C=O) groups excluding carboxylic acids is 1. The molecule has 4 aliphatic carbocycles. The maximum atomic E-state index is 12.8. The van der Waals surface area contributed by atoms with Crippen LogP contribution in [0.1, 0.15) is 91.4 Å². The number of nitrogens with zero attached hydrogens (tertiary/aromatic N) is 2. The van der Waals surface area contributed by atoms with Gasteiger partial charge in [0.2, 0.25) is 0 Å². The van der Waals surface area contributed by atoms with Gasteiger partial charge in [-0.3, -0.25) is 9.69 Å². The van der Waals surface area contributed by atoms with Crippen molar-refractivity contribution in [1.29, 1.82) is 0 Å². The molecule has 2 aliphatic heterocycles. The molecule has 0 aromatic rings. The predicted molar refractivity (Wildman–Crippen MR) is 148 cm³/mol. The molecule has 6 aliphatic rings. The van der Waals surface area contributed by atoms with E-state index in [1.807, 2.05) is 6.92 Å². The van der Waals surface area contributed by atoms with E-state index in [0.717, 1.165) is 55.5 Å². The smallest absolute Gasteiger partial charge is 0.306 e. The molecule has 0 bridgehead atoms. The minimum Gasteiger partial charge on any atom is -1.00 e. The van der Waals surface area contributed by atoms with Crippen LogP contribution in [-0.4, -0.2) is 91.2 Å². The Morgan fingerprint density at radius 3 is 2.44 bits per heavy atom. The third-order valence-electron chi connectivity index (χ3n) is 13.3. The van der Waals surface area contributed by atoms with Crippen molar-refractivity contribution in [2.75, 3.05) is 46.4 Å². The number of hydrogen-bond acceptors (Lipinski definition) is 5. The minimum absolute atomic E-state index is 0. The quantitative estimate of drug-likeness (QED) is 0.387. The van der Waals surface area contributed by atoms with Crippen molar-refractivity contribution in [3.05, 3.63) is 0 Å². The first-order chi connectivity index (χ1) is 18.2. The molecule has 0 radical (unpaired) electrons. The Bertz CT molecular complexity index is 876. The molecule has 0 aromatic heterocycles. The highest BCUT2D eigenvalue weighted by molar-refractivity contribution is 5.69. The number of aliphatic hydroxyl groups excluding tert-OH is 1. The summed E-state index contributed by atoms with van der Waals surface area (Å²) in [5.74, 6) is 2.73. The summed E-state index contributed by atoms with van der Waals surface area (Å²) in [7, 11) is 2.47. The van der Waals surface area contributed by atoms with E-state index in [-0.39, 0.29) is 46.6 Å². The Morgan fingerprint density at radius 1 is 1.03 bits per heavy atom. The number of esters is 1. The van der Waals surface area contributed by atoms with Crippen LogP contribution in [0.5, 0.6) is 0 Å². The van der Waals surface area contributed by atoms with Gasteiger partial charge in [-0.2, -0.15) is 0 Å². The van der Waals surface area contributed by atoms with E-state index in [2.05, 4.69) is 25.8 Å². The predicted octanol–water partition coefficient (Wildman–Crippen LogP) is 1.64. The minimum atomic E-state index is -0.200. The number of carbonyl (C=O) groups is 1.